The number of aromatic amines is 1. The number of thiazole rings is 1. The zero-order chi connectivity index (χ0) is 10.7. The first-order valence-electron chi connectivity index (χ1n) is 4.22. The van der Waals surface area contributed by atoms with Gasteiger partial charge in [-0.3, -0.25) is 5.10 Å². The Morgan fingerprint density at radius 2 is 2.20 bits per heavy atom. The van der Waals surface area contributed by atoms with Gasteiger partial charge < -0.3 is 9.47 Å². The number of ether oxygens (including phenoxy) is 2. The molecule has 0 saturated heterocycles. The Bertz CT molecular complexity index is 410. The molecule has 2 aromatic heterocycles. The van der Waals surface area contributed by atoms with Crippen molar-refractivity contribution < 1.29 is 9.47 Å². The molecule has 0 aliphatic carbocycles. The Hall–Kier alpha value is -1.31. The van der Waals surface area contributed by atoms with E-state index in [1.54, 1.807) is 14.2 Å². The first kappa shape index (κ1) is 10.2. The van der Waals surface area contributed by atoms with Crippen LogP contribution in [0.1, 0.15) is 12.0 Å². The molecular formula is C8H10N4O2S. The van der Waals surface area contributed by atoms with Gasteiger partial charge in [0.2, 0.25) is 6.29 Å². The lowest BCUT2D eigenvalue weighted by Gasteiger charge is -2.09. The van der Waals surface area contributed by atoms with Crippen LogP contribution >= 0.6 is 11.3 Å². The largest absolute Gasteiger partial charge is 0.350 e. The van der Waals surface area contributed by atoms with E-state index >= 15 is 0 Å². The van der Waals surface area contributed by atoms with Crippen molar-refractivity contribution in [1.82, 2.24) is 20.2 Å². The number of methoxy groups -OCH3 is 2. The fraction of sp³-hybridized carbons (Fsp3) is 0.375. The number of nitrogens with zero attached hydrogens (tertiary/aromatic N) is 3. The quantitative estimate of drug-likeness (QED) is 0.793. The maximum absolute atomic E-state index is 5.09. The van der Waals surface area contributed by atoms with Gasteiger partial charge in [-0.1, -0.05) is 0 Å². The molecule has 0 spiro atoms. The van der Waals surface area contributed by atoms with Gasteiger partial charge in [-0.05, 0) is 0 Å². The molecule has 0 aromatic carbocycles. The number of nitrogens with one attached hydrogen (secondary N) is 1. The number of rotatable bonds is 4. The van der Waals surface area contributed by atoms with E-state index in [0.717, 1.165) is 10.7 Å². The molecule has 1 N–H and O–H groups in total. The van der Waals surface area contributed by atoms with Crippen molar-refractivity contribution in [3.05, 3.63) is 17.4 Å². The molecule has 15 heavy (non-hydrogen) atoms. The Kier molecular flexibility index (Phi) is 3.05. The fourth-order valence-electron chi connectivity index (χ4n) is 1.15. The molecular weight excluding hydrogens is 216 g/mol. The monoisotopic (exact) mass is 226 g/mol. The van der Waals surface area contributed by atoms with E-state index in [1.807, 2.05) is 5.38 Å². The SMILES string of the molecule is COC(OC)c1csc(-c2ncn[nH]2)n1. The molecule has 0 bridgehead atoms. The number of aromatic nitrogens is 4. The van der Waals surface area contributed by atoms with E-state index in [4.69, 9.17) is 9.47 Å². The third kappa shape index (κ3) is 2.04. The molecule has 2 heterocycles. The second-order valence-corrected chi connectivity index (χ2v) is 3.57. The predicted molar refractivity (Wildman–Crippen MR) is 54.2 cm³/mol. The van der Waals surface area contributed by atoms with Crippen LogP contribution in [-0.2, 0) is 9.47 Å². The molecule has 0 unspecified atom stereocenters. The van der Waals surface area contributed by atoms with Crippen LogP contribution in [0.3, 0.4) is 0 Å². The average Bonchev–Trinajstić information content (AvgIpc) is 2.89. The highest BCUT2D eigenvalue weighted by atomic mass is 32.1. The Morgan fingerprint density at radius 3 is 2.80 bits per heavy atom. The second-order valence-electron chi connectivity index (χ2n) is 2.71. The number of H-pyrrole nitrogens is 1. The highest BCUT2D eigenvalue weighted by Gasteiger charge is 2.14. The highest BCUT2D eigenvalue weighted by molar-refractivity contribution is 7.13. The van der Waals surface area contributed by atoms with Gasteiger partial charge in [0.15, 0.2) is 10.8 Å². The van der Waals surface area contributed by atoms with Crippen molar-refractivity contribution in [3.8, 4) is 10.8 Å². The summed E-state index contributed by atoms with van der Waals surface area (Å²) in [7, 11) is 3.14. The molecule has 2 aromatic rings. The van der Waals surface area contributed by atoms with Crippen molar-refractivity contribution in [1.29, 1.82) is 0 Å². The van der Waals surface area contributed by atoms with E-state index in [0.29, 0.717) is 5.82 Å². The average molecular weight is 226 g/mol. The van der Waals surface area contributed by atoms with Crippen LogP contribution in [0.4, 0.5) is 0 Å². The molecule has 7 heteroatoms. The third-order valence-corrected chi connectivity index (χ3v) is 2.68. The van der Waals surface area contributed by atoms with E-state index in [1.165, 1.54) is 17.7 Å². The molecule has 0 atom stereocenters. The lowest BCUT2D eigenvalue weighted by atomic mass is 10.5. The summed E-state index contributed by atoms with van der Waals surface area (Å²) in [5, 5.41) is 9.14. The Labute approximate surface area is 90.3 Å². The van der Waals surface area contributed by atoms with Crippen molar-refractivity contribution in [2.45, 2.75) is 6.29 Å². The van der Waals surface area contributed by atoms with Crippen molar-refractivity contribution >= 4 is 11.3 Å². The molecule has 2 rings (SSSR count). The minimum atomic E-state index is -0.432. The van der Waals surface area contributed by atoms with E-state index < -0.39 is 6.29 Å². The highest BCUT2D eigenvalue weighted by Crippen LogP contribution is 2.24. The van der Waals surface area contributed by atoms with Crippen molar-refractivity contribution in [2.24, 2.45) is 0 Å². The molecule has 0 radical (unpaired) electrons. The Morgan fingerprint density at radius 1 is 1.40 bits per heavy atom. The predicted octanol–water partition coefficient (Wildman–Crippen LogP) is 1.22. The molecule has 0 amide bonds. The van der Waals surface area contributed by atoms with Crippen LogP contribution in [0.25, 0.3) is 10.8 Å². The summed E-state index contributed by atoms with van der Waals surface area (Å²) >= 11 is 1.46. The molecule has 0 saturated carbocycles. The first-order chi connectivity index (χ1) is 7.35. The molecule has 0 fully saturated rings. The van der Waals surface area contributed by atoms with Crippen molar-refractivity contribution in [3.63, 3.8) is 0 Å². The van der Waals surface area contributed by atoms with Crippen LogP contribution in [-0.4, -0.2) is 34.4 Å². The number of hydrogen-bond acceptors (Lipinski definition) is 6. The third-order valence-electron chi connectivity index (χ3n) is 1.81. The molecule has 0 aliphatic rings. The van der Waals surface area contributed by atoms with Crippen molar-refractivity contribution in [2.75, 3.05) is 14.2 Å². The lowest BCUT2D eigenvalue weighted by molar-refractivity contribution is -0.108. The minimum Gasteiger partial charge on any atom is -0.350 e. The summed E-state index contributed by atoms with van der Waals surface area (Å²) < 4.78 is 10.2. The summed E-state index contributed by atoms with van der Waals surface area (Å²) in [5.41, 5.74) is 0.733. The summed E-state index contributed by atoms with van der Waals surface area (Å²) in [6.45, 7) is 0. The van der Waals surface area contributed by atoms with Crippen LogP contribution < -0.4 is 0 Å². The van der Waals surface area contributed by atoms with Gasteiger partial charge in [0.25, 0.3) is 0 Å². The maximum Gasteiger partial charge on any atom is 0.201 e. The van der Waals surface area contributed by atoms with Gasteiger partial charge in [-0.15, -0.1) is 11.3 Å². The van der Waals surface area contributed by atoms with Gasteiger partial charge in [0.05, 0.1) is 0 Å². The van der Waals surface area contributed by atoms with Gasteiger partial charge in [0, 0.05) is 19.6 Å². The van der Waals surface area contributed by atoms with Crippen LogP contribution in [0, 0.1) is 0 Å². The van der Waals surface area contributed by atoms with Gasteiger partial charge in [-0.2, -0.15) is 5.10 Å². The maximum atomic E-state index is 5.09. The molecule has 6 nitrogen and oxygen atoms in total. The van der Waals surface area contributed by atoms with Gasteiger partial charge >= 0.3 is 0 Å². The van der Waals surface area contributed by atoms with Crippen LogP contribution in [0.15, 0.2) is 11.7 Å². The first-order valence-corrected chi connectivity index (χ1v) is 5.10. The van der Waals surface area contributed by atoms with E-state index in [2.05, 4.69) is 20.2 Å². The van der Waals surface area contributed by atoms with Crippen LogP contribution in [0.2, 0.25) is 0 Å². The second kappa shape index (κ2) is 4.47. The fourth-order valence-corrected chi connectivity index (χ4v) is 1.91. The van der Waals surface area contributed by atoms with E-state index in [-0.39, 0.29) is 0 Å². The van der Waals surface area contributed by atoms with Crippen LogP contribution in [0.5, 0.6) is 0 Å². The molecule has 0 aliphatic heterocycles. The summed E-state index contributed by atoms with van der Waals surface area (Å²) in [6, 6.07) is 0. The minimum absolute atomic E-state index is 0.432. The standard InChI is InChI=1S/C8H10N4O2S/c1-13-8(14-2)5-3-15-7(11-5)6-9-4-10-12-6/h3-4,8H,1-2H3,(H,9,10,12). The number of hydrogen-bond donors (Lipinski definition) is 1. The lowest BCUT2D eigenvalue weighted by Crippen LogP contribution is -2.03. The topological polar surface area (TPSA) is 72.9 Å². The Balaban J connectivity index is 2.24. The van der Waals surface area contributed by atoms with E-state index in [9.17, 15) is 0 Å². The summed E-state index contributed by atoms with van der Waals surface area (Å²) in [5.74, 6) is 0.650. The normalized spacial score (nSPS) is 11.1. The summed E-state index contributed by atoms with van der Waals surface area (Å²) in [6.07, 6.45) is 1.01. The zero-order valence-electron chi connectivity index (χ0n) is 8.30. The zero-order valence-corrected chi connectivity index (χ0v) is 9.11. The summed E-state index contributed by atoms with van der Waals surface area (Å²) in [4.78, 5) is 8.34. The smallest absolute Gasteiger partial charge is 0.201 e. The molecule has 80 valence electrons. The van der Waals surface area contributed by atoms with Gasteiger partial charge in [0.1, 0.15) is 12.0 Å². The van der Waals surface area contributed by atoms with Gasteiger partial charge in [-0.25, -0.2) is 9.97 Å².